The molecule has 0 spiro atoms. The van der Waals surface area contributed by atoms with Crippen LogP contribution in [0.2, 0.25) is 0 Å². The molecular formula is C33H21N3S. The molecule has 0 bridgehead atoms. The normalized spacial score (nSPS) is 11.9. The molecule has 37 heavy (non-hydrogen) atoms. The van der Waals surface area contributed by atoms with Gasteiger partial charge in [-0.3, -0.25) is 4.40 Å². The lowest BCUT2D eigenvalue weighted by Gasteiger charge is -2.10. The first-order valence-corrected chi connectivity index (χ1v) is 13.3. The first-order chi connectivity index (χ1) is 18.3. The lowest BCUT2D eigenvalue weighted by Crippen LogP contribution is -1.94. The summed E-state index contributed by atoms with van der Waals surface area (Å²) in [6, 6.07) is 39.1. The molecule has 0 aliphatic carbocycles. The second-order valence-corrected chi connectivity index (χ2v) is 10.7. The molecule has 4 heteroatoms. The highest BCUT2D eigenvalue weighted by Gasteiger charge is 2.16. The Hall–Kier alpha value is -4.54. The molecule has 0 amide bonds. The van der Waals surface area contributed by atoms with E-state index in [0.717, 1.165) is 27.9 Å². The number of pyridine rings is 1. The zero-order valence-electron chi connectivity index (χ0n) is 20.1. The average molecular weight is 492 g/mol. The maximum Gasteiger partial charge on any atom is 0.169 e. The molecule has 8 rings (SSSR count). The van der Waals surface area contributed by atoms with E-state index in [1.165, 1.54) is 47.6 Å². The molecule has 0 atom stereocenters. The van der Waals surface area contributed by atoms with E-state index in [9.17, 15) is 0 Å². The van der Waals surface area contributed by atoms with Crippen LogP contribution in [0.15, 0.2) is 109 Å². The average Bonchev–Trinajstić information content (AvgIpc) is 3.56. The molecule has 0 saturated carbocycles. The molecular weight excluding hydrogens is 470 g/mol. The van der Waals surface area contributed by atoms with Gasteiger partial charge in [0.2, 0.25) is 0 Å². The first kappa shape index (κ1) is 20.6. The van der Waals surface area contributed by atoms with Gasteiger partial charge < -0.3 is 0 Å². The summed E-state index contributed by atoms with van der Waals surface area (Å²) in [5, 5.41) is 15.6. The third-order valence-corrected chi connectivity index (χ3v) is 8.59. The van der Waals surface area contributed by atoms with Crippen molar-refractivity contribution in [2.75, 3.05) is 0 Å². The number of aromatic nitrogens is 3. The van der Waals surface area contributed by atoms with Crippen LogP contribution in [0.5, 0.6) is 0 Å². The van der Waals surface area contributed by atoms with E-state index in [-0.39, 0.29) is 0 Å². The minimum absolute atomic E-state index is 0.862. The van der Waals surface area contributed by atoms with Crippen LogP contribution < -0.4 is 0 Å². The molecule has 3 nitrogen and oxygen atoms in total. The van der Waals surface area contributed by atoms with Gasteiger partial charge in [0, 0.05) is 36.5 Å². The zero-order valence-corrected chi connectivity index (χ0v) is 21.0. The highest BCUT2D eigenvalue weighted by atomic mass is 32.1. The van der Waals surface area contributed by atoms with Gasteiger partial charge in [-0.1, -0.05) is 96.6 Å². The predicted octanol–water partition coefficient (Wildman–Crippen LogP) is 9.05. The van der Waals surface area contributed by atoms with Crippen molar-refractivity contribution in [1.29, 1.82) is 0 Å². The van der Waals surface area contributed by atoms with Gasteiger partial charge in [-0.05, 0) is 41.6 Å². The highest BCUT2D eigenvalue weighted by molar-refractivity contribution is 7.26. The molecule has 174 valence electrons. The van der Waals surface area contributed by atoms with Gasteiger partial charge in [0.05, 0.1) is 5.52 Å². The van der Waals surface area contributed by atoms with Gasteiger partial charge in [-0.15, -0.1) is 21.5 Å². The number of para-hydroxylation sites is 1. The molecule has 5 aromatic carbocycles. The lowest BCUT2D eigenvalue weighted by molar-refractivity contribution is 1.12. The summed E-state index contributed by atoms with van der Waals surface area (Å²) >= 11 is 1.86. The number of rotatable bonds is 2. The smallest absolute Gasteiger partial charge is 0.169 e. The van der Waals surface area contributed by atoms with E-state index >= 15 is 0 Å². The van der Waals surface area contributed by atoms with Crippen LogP contribution in [-0.4, -0.2) is 14.6 Å². The molecule has 0 radical (unpaired) electrons. The lowest BCUT2D eigenvalue weighted by atomic mass is 10.0. The van der Waals surface area contributed by atoms with Crippen LogP contribution in [0, 0.1) is 6.92 Å². The SMILES string of the molecule is Cc1ccc2c3ccccc3n3c(-c4ccc(-c5cccc6c5sc5ccccc56)cc4)nnc3c2c1. The van der Waals surface area contributed by atoms with Gasteiger partial charge in [-0.2, -0.15) is 0 Å². The number of aryl methyl sites for hydroxylation is 1. The maximum absolute atomic E-state index is 4.69. The van der Waals surface area contributed by atoms with Crippen molar-refractivity contribution in [1.82, 2.24) is 14.6 Å². The second-order valence-electron chi connectivity index (χ2n) is 9.61. The number of hydrogen-bond acceptors (Lipinski definition) is 3. The van der Waals surface area contributed by atoms with Gasteiger partial charge in [-0.25, -0.2) is 0 Å². The largest absolute Gasteiger partial charge is 0.274 e. The Balaban J connectivity index is 1.33. The van der Waals surface area contributed by atoms with Crippen LogP contribution in [0.3, 0.4) is 0 Å². The summed E-state index contributed by atoms with van der Waals surface area (Å²) in [7, 11) is 0. The Morgan fingerprint density at radius 1 is 0.595 bits per heavy atom. The third kappa shape index (κ3) is 3.00. The van der Waals surface area contributed by atoms with Crippen molar-refractivity contribution in [2.24, 2.45) is 0 Å². The van der Waals surface area contributed by atoms with Crippen LogP contribution >= 0.6 is 11.3 Å². The summed E-state index contributed by atoms with van der Waals surface area (Å²) in [5.41, 5.74) is 6.76. The van der Waals surface area contributed by atoms with Crippen molar-refractivity contribution in [3.05, 3.63) is 115 Å². The number of fused-ring (bicyclic) bond motifs is 9. The number of nitrogens with zero attached hydrogens (tertiary/aromatic N) is 3. The zero-order chi connectivity index (χ0) is 24.5. The van der Waals surface area contributed by atoms with Crippen molar-refractivity contribution in [3.63, 3.8) is 0 Å². The highest BCUT2D eigenvalue weighted by Crippen LogP contribution is 2.40. The number of thiophene rings is 1. The molecule has 0 saturated heterocycles. The van der Waals surface area contributed by atoms with E-state index in [0.29, 0.717) is 0 Å². The van der Waals surface area contributed by atoms with Crippen molar-refractivity contribution in [2.45, 2.75) is 6.92 Å². The topological polar surface area (TPSA) is 30.2 Å². The first-order valence-electron chi connectivity index (χ1n) is 12.4. The van der Waals surface area contributed by atoms with Gasteiger partial charge in [0.1, 0.15) is 0 Å². The molecule has 0 N–H and O–H groups in total. The Labute approximate surface area is 217 Å². The molecule has 8 aromatic rings. The molecule has 0 fully saturated rings. The standard InChI is InChI=1S/C33H21N3S/c1-20-13-18-24-25-7-2-4-11-29(25)36-32(34-35-33(36)28(24)19-20)22-16-14-21(15-17-22)23-9-6-10-27-26-8-3-5-12-30(26)37-31(23)27/h2-19H,1H3. The summed E-state index contributed by atoms with van der Waals surface area (Å²) < 4.78 is 4.86. The van der Waals surface area contributed by atoms with Gasteiger partial charge >= 0.3 is 0 Å². The molecule has 3 heterocycles. The fraction of sp³-hybridized carbons (Fsp3) is 0.0303. The van der Waals surface area contributed by atoms with Crippen molar-refractivity contribution in [3.8, 4) is 22.5 Å². The van der Waals surface area contributed by atoms with E-state index < -0.39 is 0 Å². The summed E-state index contributed by atoms with van der Waals surface area (Å²) in [5.74, 6) is 0.862. The van der Waals surface area contributed by atoms with Crippen LogP contribution in [0.25, 0.3) is 70.0 Å². The monoisotopic (exact) mass is 491 g/mol. The summed E-state index contributed by atoms with van der Waals surface area (Å²) in [4.78, 5) is 0. The molecule has 0 aliphatic heterocycles. The van der Waals surface area contributed by atoms with Gasteiger partial charge in [0.25, 0.3) is 0 Å². The summed E-state index contributed by atoms with van der Waals surface area (Å²) in [6.07, 6.45) is 0. The van der Waals surface area contributed by atoms with E-state index in [1.54, 1.807) is 0 Å². The Morgan fingerprint density at radius 2 is 1.35 bits per heavy atom. The van der Waals surface area contributed by atoms with Crippen molar-refractivity contribution >= 4 is 58.8 Å². The quantitative estimate of drug-likeness (QED) is 0.226. The van der Waals surface area contributed by atoms with E-state index in [2.05, 4.69) is 126 Å². The van der Waals surface area contributed by atoms with Crippen molar-refractivity contribution < 1.29 is 0 Å². The Kier molecular flexibility index (Phi) is 4.31. The molecule has 3 aromatic heterocycles. The Bertz CT molecular complexity index is 2150. The predicted molar refractivity (Wildman–Crippen MR) is 156 cm³/mol. The Morgan fingerprint density at radius 3 is 2.24 bits per heavy atom. The number of benzene rings is 5. The van der Waals surface area contributed by atoms with Crippen LogP contribution in [0.4, 0.5) is 0 Å². The van der Waals surface area contributed by atoms with Crippen LogP contribution in [-0.2, 0) is 0 Å². The molecule has 0 unspecified atom stereocenters. The summed E-state index contributed by atoms with van der Waals surface area (Å²) in [6.45, 7) is 2.12. The maximum atomic E-state index is 4.69. The second kappa shape index (κ2) is 7.73. The van der Waals surface area contributed by atoms with E-state index in [1.807, 2.05) is 11.3 Å². The molecule has 0 aliphatic rings. The fourth-order valence-electron chi connectivity index (χ4n) is 5.62. The van der Waals surface area contributed by atoms with E-state index in [4.69, 9.17) is 5.10 Å². The van der Waals surface area contributed by atoms with Crippen LogP contribution in [0.1, 0.15) is 5.56 Å². The minimum atomic E-state index is 0.862. The third-order valence-electron chi connectivity index (χ3n) is 7.37. The minimum Gasteiger partial charge on any atom is -0.274 e. The number of hydrogen-bond donors (Lipinski definition) is 0. The fourth-order valence-corrected chi connectivity index (χ4v) is 6.86. The van der Waals surface area contributed by atoms with Gasteiger partial charge in [0.15, 0.2) is 11.5 Å².